The van der Waals surface area contributed by atoms with Gasteiger partial charge in [-0.1, -0.05) is 12.1 Å². The van der Waals surface area contributed by atoms with Gasteiger partial charge in [0.15, 0.2) is 11.5 Å². The van der Waals surface area contributed by atoms with Crippen molar-refractivity contribution in [2.45, 2.75) is 32.9 Å². The quantitative estimate of drug-likeness (QED) is 0.478. The van der Waals surface area contributed by atoms with E-state index in [1.54, 1.807) is 26.5 Å². The number of hydrogen-bond donors (Lipinski definition) is 0. The molecule has 0 aliphatic heterocycles. The predicted octanol–water partition coefficient (Wildman–Crippen LogP) is 5.39. The van der Waals surface area contributed by atoms with Crippen molar-refractivity contribution in [2.75, 3.05) is 19.1 Å². The molecule has 0 amide bonds. The van der Waals surface area contributed by atoms with Gasteiger partial charge in [-0.25, -0.2) is 4.79 Å². The number of hydrogen-bond acceptors (Lipinski definition) is 6. The molecule has 0 saturated heterocycles. The summed E-state index contributed by atoms with van der Waals surface area (Å²) < 4.78 is 16.4. The Morgan fingerprint density at radius 2 is 1.68 bits per heavy atom. The minimum atomic E-state index is -0.564. The zero-order valence-corrected chi connectivity index (χ0v) is 18.6. The van der Waals surface area contributed by atoms with Gasteiger partial charge in [-0.15, -0.1) is 0 Å². The van der Waals surface area contributed by atoms with Crippen LogP contribution < -0.4 is 14.4 Å². The number of ether oxygens (including phenoxy) is 3. The van der Waals surface area contributed by atoms with E-state index in [0.717, 1.165) is 16.9 Å². The van der Waals surface area contributed by atoms with Crippen LogP contribution in [0.3, 0.4) is 0 Å². The van der Waals surface area contributed by atoms with Crippen LogP contribution in [0.2, 0.25) is 0 Å². The van der Waals surface area contributed by atoms with Gasteiger partial charge in [0.2, 0.25) is 0 Å². The first-order valence-corrected chi connectivity index (χ1v) is 10.0. The fourth-order valence-corrected chi connectivity index (χ4v) is 3.14. The minimum Gasteiger partial charge on any atom is -0.493 e. The first-order chi connectivity index (χ1) is 14.8. The average Bonchev–Trinajstić information content (AvgIpc) is 2.76. The van der Waals surface area contributed by atoms with Gasteiger partial charge >= 0.3 is 5.97 Å². The van der Waals surface area contributed by atoms with Crippen molar-refractivity contribution in [1.29, 1.82) is 0 Å². The standard InChI is InChI=1S/C25H28N2O4/c1-25(2,3)31-24(28)19-9-6-10-20(14-19)27(17-18-8-7-13-26-16-18)21-11-12-22(29-4)23(15-21)30-5/h6-16H,17H2,1-5H3. The molecule has 0 bridgehead atoms. The predicted molar refractivity (Wildman–Crippen MR) is 121 cm³/mol. The van der Waals surface area contributed by atoms with Crippen molar-refractivity contribution in [3.63, 3.8) is 0 Å². The van der Waals surface area contributed by atoms with Crippen LogP contribution in [0.15, 0.2) is 67.0 Å². The number of esters is 1. The molecule has 0 fully saturated rings. The van der Waals surface area contributed by atoms with Crippen molar-refractivity contribution in [3.05, 3.63) is 78.1 Å². The molecular weight excluding hydrogens is 392 g/mol. The summed E-state index contributed by atoms with van der Waals surface area (Å²) in [5, 5.41) is 0. The molecule has 1 aromatic heterocycles. The van der Waals surface area contributed by atoms with Crippen molar-refractivity contribution < 1.29 is 19.0 Å². The number of methoxy groups -OCH3 is 2. The van der Waals surface area contributed by atoms with E-state index >= 15 is 0 Å². The van der Waals surface area contributed by atoms with Gasteiger partial charge in [0.1, 0.15) is 5.60 Å². The van der Waals surface area contributed by atoms with E-state index in [2.05, 4.69) is 9.88 Å². The fourth-order valence-electron chi connectivity index (χ4n) is 3.14. The summed E-state index contributed by atoms with van der Waals surface area (Å²) in [6.07, 6.45) is 3.57. The lowest BCUT2D eigenvalue weighted by atomic mass is 10.1. The Morgan fingerprint density at radius 3 is 2.32 bits per heavy atom. The number of anilines is 2. The second-order valence-electron chi connectivity index (χ2n) is 8.04. The van der Waals surface area contributed by atoms with Crippen molar-refractivity contribution >= 4 is 17.3 Å². The van der Waals surface area contributed by atoms with E-state index < -0.39 is 5.60 Å². The summed E-state index contributed by atoms with van der Waals surface area (Å²) in [7, 11) is 3.21. The summed E-state index contributed by atoms with van der Waals surface area (Å²) in [5.41, 5.74) is 2.69. The molecular formula is C25H28N2O4. The van der Waals surface area contributed by atoms with Gasteiger partial charge < -0.3 is 19.1 Å². The van der Waals surface area contributed by atoms with E-state index in [1.165, 1.54) is 0 Å². The van der Waals surface area contributed by atoms with E-state index in [1.807, 2.05) is 75.5 Å². The SMILES string of the molecule is COc1ccc(N(Cc2cccnc2)c2cccc(C(=O)OC(C)(C)C)c2)cc1OC. The monoisotopic (exact) mass is 420 g/mol. The zero-order chi connectivity index (χ0) is 22.4. The topological polar surface area (TPSA) is 60.9 Å². The highest BCUT2D eigenvalue weighted by molar-refractivity contribution is 5.91. The summed E-state index contributed by atoms with van der Waals surface area (Å²) >= 11 is 0. The molecule has 0 saturated carbocycles. The second kappa shape index (κ2) is 9.51. The van der Waals surface area contributed by atoms with Crippen LogP contribution in [0, 0.1) is 0 Å². The third-order valence-electron chi connectivity index (χ3n) is 4.53. The van der Waals surface area contributed by atoms with Crippen LogP contribution in [0.4, 0.5) is 11.4 Å². The molecule has 2 aromatic carbocycles. The number of carbonyl (C=O) groups is 1. The van der Waals surface area contributed by atoms with E-state index in [4.69, 9.17) is 14.2 Å². The number of rotatable bonds is 7. The molecule has 1 heterocycles. The van der Waals surface area contributed by atoms with Crippen molar-refractivity contribution in [1.82, 2.24) is 4.98 Å². The molecule has 31 heavy (non-hydrogen) atoms. The maximum atomic E-state index is 12.6. The zero-order valence-electron chi connectivity index (χ0n) is 18.6. The largest absolute Gasteiger partial charge is 0.493 e. The van der Waals surface area contributed by atoms with E-state index in [-0.39, 0.29) is 5.97 Å². The average molecular weight is 421 g/mol. The first-order valence-electron chi connectivity index (χ1n) is 10.0. The van der Waals surface area contributed by atoms with Gasteiger partial charge in [-0.3, -0.25) is 4.98 Å². The Labute approximate surface area is 183 Å². The maximum absolute atomic E-state index is 12.6. The summed E-state index contributed by atoms with van der Waals surface area (Å²) in [5.74, 6) is 0.914. The highest BCUT2D eigenvalue weighted by Gasteiger charge is 2.20. The number of aromatic nitrogens is 1. The molecule has 3 aromatic rings. The Morgan fingerprint density at radius 1 is 0.935 bits per heavy atom. The van der Waals surface area contributed by atoms with Gasteiger partial charge in [0.25, 0.3) is 0 Å². The third kappa shape index (κ3) is 5.75. The van der Waals surface area contributed by atoms with Gasteiger partial charge in [0, 0.05) is 36.4 Å². The summed E-state index contributed by atoms with van der Waals surface area (Å²) in [4.78, 5) is 18.9. The van der Waals surface area contributed by atoms with E-state index in [9.17, 15) is 4.79 Å². The number of nitrogens with zero attached hydrogens (tertiary/aromatic N) is 2. The summed E-state index contributed by atoms with van der Waals surface area (Å²) in [6.45, 7) is 6.12. The maximum Gasteiger partial charge on any atom is 0.338 e. The molecule has 0 N–H and O–H groups in total. The molecule has 0 unspecified atom stereocenters. The number of benzene rings is 2. The van der Waals surface area contributed by atoms with Crippen LogP contribution in [-0.2, 0) is 11.3 Å². The summed E-state index contributed by atoms with van der Waals surface area (Å²) in [6, 6.07) is 17.1. The molecule has 6 heteroatoms. The molecule has 0 aliphatic rings. The second-order valence-corrected chi connectivity index (χ2v) is 8.04. The smallest absolute Gasteiger partial charge is 0.338 e. The van der Waals surface area contributed by atoms with Crippen LogP contribution in [-0.4, -0.2) is 30.8 Å². The van der Waals surface area contributed by atoms with Gasteiger partial charge in [-0.2, -0.15) is 0 Å². The molecule has 3 rings (SSSR count). The molecule has 6 nitrogen and oxygen atoms in total. The lowest BCUT2D eigenvalue weighted by Gasteiger charge is -2.27. The molecule has 0 spiro atoms. The van der Waals surface area contributed by atoms with E-state index in [0.29, 0.717) is 23.6 Å². The highest BCUT2D eigenvalue weighted by Crippen LogP contribution is 2.35. The fraction of sp³-hybridized carbons (Fsp3) is 0.280. The third-order valence-corrected chi connectivity index (χ3v) is 4.53. The van der Waals surface area contributed by atoms with Crippen LogP contribution in [0.25, 0.3) is 0 Å². The Balaban J connectivity index is 2.03. The Bertz CT molecular complexity index is 1030. The molecule has 0 atom stereocenters. The minimum absolute atomic E-state index is 0.358. The molecule has 0 aliphatic carbocycles. The number of carbonyl (C=O) groups excluding carboxylic acids is 1. The lowest BCUT2D eigenvalue weighted by Crippen LogP contribution is -2.24. The van der Waals surface area contributed by atoms with Crippen molar-refractivity contribution in [2.24, 2.45) is 0 Å². The Hall–Kier alpha value is -3.54. The number of pyridine rings is 1. The van der Waals surface area contributed by atoms with Crippen LogP contribution in [0.5, 0.6) is 11.5 Å². The van der Waals surface area contributed by atoms with Crippen molar-refractivity contribution in [3.8, 4) is 11.5 Å². The van der Waals surface area contributed by atoms with Gasteiger partial charge in [-0.05, 0) is 62.7 Å². The molecule has 0 radical (unpaired) electrons. The first kappa shape index (κ1) is 22.2. The van der Waals surface area contributed by atoms with Crippen LogP contribution in [0.1, 0.15) is 36.7 Å². The lowest BCUT2D eigenvalue weighted by molar-refractivity contribution is 0.00695. The van der Waals surface area contributed by atoms with Gasteiger partial charge in [0.05, 0.1) is 19.8 Å². The molecule has 162 valence electrons. The van der Waals surface area contributed by atoms with Crippen LogP contribution >= 0.6 is 0 Å². The Kier molecular flexibility index (Phi) is 6.80. The highest BCUT2D eigenvalue weighted by atomic mass is 16.6. The normalized spacial score (nSPS) is 11.0.